The SMILES string of the molecule is Cc1cccc(CN(C(=O)CCSc2ccc(Cl)cc2)C(Cc2ccccc2)C(=O)NC(C)C)c1. The molecule has 0 fully saturated rings. The van der Waals surface area contributed by atoms with Crippen LogP contribution in [0.4, 0.5) is 0 Å². The molecule has 3 aromatic carbocycles. The summed E-state index contributed by atoms with van der Waals surface area (Å²) in [6, 6.07) is 25.0. The molecule has 0 spiro atoms. The Kier molecular flexibility index (Phi) is 10.2. The number of benzene rings is 3. The molecule has 1 unspecified atom stereocenters. The third-order valence-electron chi connectivity index (χ3n) is 5.54. The van der Waals surface area contributed by atoms with Gasteiger partial charge in [0.05, 0.1) is 0 Å². The lowest BCUT2D eigenvalue weighted by molar-refractivity contribution is -0.141. The Balaban J connectivity index is 1.84. The van der Waals surface area contributed by atoms with Crippen molar-refractivity contribution in [3.8, 4) is 0 Å². The minimum absolute atomic E-state index is 0.0165. The zero-order valence-electron chi connectivity index (χ0n) is 20.5. The normalized spacial score (nSPS) is 11.8. The summed E-state index contributed by atoms with van der Waals surface area (Å²) in [6.07, 6.45) is 0.792. The number of carbonyl (C=O) groups excluding carboxylic acids is 2. The van der Waals surface area contributed by atoms with Crippen LogP contribution >= 0.6 is 23.4 Å². The third-order valence-corrected chi connectivity index (χ3v) is 6.80. The van der Waals surface area contributed by atoms with Crippen molar-refractivity contribution < 1.29 is 9.59 Å². The van der Waals surface area contributed by atoms with Gasteiger partial charge in [0.15, 0.2) is 0 Å². The Morgan fingerprint density at radius 3 is 2.29 bits per heavy atom. The standard InChI is InChI=1S/C29H33ClN2O2S/c1-21(2)31-29(34)27(19-23-9-5-4-6-10-23)32(20-24-11-7-8-22(3)18-24)28(33)16-17-35-26-14-12-25(30)13-15-26/h4-15,18,21,27H,16-17,19-20H2,1-3H3,(H,31,34). The van der Waals surface area contributed by atoms with E-state index in [4.69, 9.17) is 11.6 Å². The molecule has 0 aliphatic rings. The summed E-state index contributed by atoms with van der Waals surface area (Å²) in [5, 5.41) is 3.72. The first-order chi connectivity index (χ1) is 16.8. The second-order valence-electron chi connectivity index (χ2n) is 8.93. The van der Waals surface area contributed by atoms with Crippen molar-refractivity contribution >= 4 is 35.2 Å². The molecule has 0 saturated carbocycles. The number of hydrogen-bond acceptors (Lipinski definition) is 3. The van der Waals surface area contributed by atoms with Gasteiger partial charge in [0, 0.05) is 41.1 Å². The Morgan fingerprint density at radius 1 is 0.943 bits per heavy atom. The van der Waals surface area contributed by atoms with Crippen molar-refractivity contribution in [3.63, 3.8) is 0 Å². The number of nitrogens with zero attached hydrogens (tertiary/aromatic N) is 1. The van der Waals surface area contributed by atoms with Crippen LogP contribution in [0, 0.1) is 6.92 Å². The maximum absolute atomic E-state index is 13.6. The van der Waals surface area contributed by atoms with Gasteiger partial charge in [-0.1, -0.05) is 71.8 Å². The largest absolute Gasteiger partial charge is 0.352 e. The molecule has 184 valence electrons. The maximum atomic E-state index is 13.6. The molecular weight excluding hydrogens is 476 g/mol. The van der Waals surface area contributed by atoms with E-state index < -0.39 is 6.04 Å². The fourth-order valence-corrected chi connectivity index (χ4v) is 4.84. The number of aryl methyl sites for hydroxylation is 1. The van der Waals surface area contributed by atoms with Gasteiger partial charge in [-0.2, -0.15) is 0 Å². The van der Waals surface area contributed by atoms with Crippen molar-refractivity contribution in [3.05, 3.63) is 101 Å². The van der Waals surface area contributed by atoms with Gasteiger partial charge in [-0.3, -0.25) is 9.59 Å². The predicted octanol–water partition coefficient (Wildman–Crippen LogP) is 6.30. The highest BCUT2D eigenvalue weighted by molar-refractivity contribution is 7.99. The molecule has 0 aliphatic carbocycles. The van der Waals surface area contributed by atoms with E-state index in [-0.39, 0.29) is 17.9 Å². The topological polar surface area (TPSA) is 49.4 Å². The van der Waals surface area contributed by atoms with E-state index in [2.05, 4.69) is 11.4 Å². The van der Waals surface area contributed by atoms with Crippen LogP contribution in [0.1, 0.15) is 37.0 Å². The second kappa shape index (κ2) is 13.4. The summed E-state index contributed by atoms with van der Waals surface area (Å²) in [6.45, 7) is 6.29. The molecule has 2 amide bonds. The van der Waals surface area contributed by atoms with Gasteiger partial charge in [-0.05, 0) is 56.2 Å². The van der Waals surface area contributed by atoms with E-state index in [1.165, 1.54) is 0 Å². The summed E-state index contributed by atoms with van der Waals surface area (Å²) < 4.78 is 0. The van der Waals surface area contributed by atoms with Crippen molar-refractivity contribution in [1.29, 1.82) is 0 Å². The zero-order valence-corrected chi connectivity index (χ0v) is 22.1. The van der Waals surface area contributed by atoms with E-state index in [0.717, 1.165) is 21.6 Å². The predicted molar refractivity (Wildman–Crippen MR) is 146 cm³/mol. The molecule has 35 heavy (non-hydrogen) atoms. The molecule has 4 nitrogen and oxygen atoms in total. The van der Waals surface area contributed by atoms with Gasteiger partial charge < -0.3 is 10.2 Å². The highest BCUT2D eigenvalue weighted by atomic mass is 35.5. The minimum Gasteiger partial charge on any atom is -0.352 e. The number of nitrogens with one attached hydrogen (secondary N) is 1. The summed E-state index contributed by atoms with van der Waals surface area (Å²) in [5.74, 6) is 0.456. The Morgan fingerprint density at radius 2 is 1.63 bits per heavy atom. The number of carbonyl (C=O) groups is 2. The summed E-state index contributed by atoms with van der Waals surface area (Å²) in [4.78, 5) is 29.8. The molecule has 3 aromatic rings. The van der Waals surface area contributed by atoms with Crippen LogP contribution in [0.15, 0.2) is 83.8 Å². The first-order valence-electron chi connectivity index (χ1n) is 11.9. The van der Waals surface area contributed by atoms with E-state index >= 15 is 0 Å². The first-order valence-corrected chi connectivity index (χ1v) is 13.3. The van der Waals surface area contributed by atoms with Gasteiger partial charge in [0.2, 0.25) is 11.8 Å². The Labute approximate surface area is 218 Å². The highest BCUT2D eigenvalue weighted by Crippen LogP contribution is 2.23. The van der Waals surface area contributed by atoms with E-state index in [1.807, 2.05) is 93.6 Å². The van der Waals surface area contributed by atoms with Gasteiger partial charge in [0.1, 0.15) is 6.04 Å². The summed E-state index contributed by atoms with van der Waals surface area (Å²) in [5.41, 5.74) is 3.16. The lowest BCUT2D eigenvalue weighted by Gasteiger charge is -2.32. The molecule has 1 N–H and O–H groups in total. The van der Waals surface area contributed by atoms with Gasteiger partial charge >= 0.3 is 0 Å². The fraction of sp³-hybridized carbons (Fsp3) is 0.310. The average molecular weight is 509 g/mol. The van der Waals surface area contributed by atoms with Crippen molar-refractivity contribution in [2.75, 3.05) is 5.75 Å². The smallest absolute Gasteiger partial charge is 0.243 e. The van der Waals surface area contributed by atoms with Gasteiger partial charge in [-0.15, -0.1) is 11.8 Å². The first kappa shape index (κ1) is 26.8. The molecule has 0 radical (unpaired) electrons. The highest BCUT2D eigenvalue weighted by Gasteiger charge is 2.30. The minimum atomic E-state index is -0.603. The molecule has 0 aliphatic heterocycles. The summed E-state index contributed by atoms with van der Waals surface area (Å²) >= 11 is 7.60. The molecule has 6 heteroatoms. The lowest BCUT2D eigenvalue weighted by atomic mass is 10.0. The van der Waals surface area contributed by atoms with Crippen LogP contribution in [0.25, 0.3) is 0 Å². The van der Waals surface area contributed by atoms with Crippen molar-refractivity contribution in [1.82, 2.24) is 10.2 Å². The average Bonchev–Trinajstić information content (AvgIpc) is 2.82. The van der Waals surface area contributed by atoms with Crippen LogP contribution in [0.3, 0.4) is 0 Å². The van der Waals surface area contributed by atoms with Gasteiger partial charge in [-0.25, -0.2) is 0 Å². The van der Waals surface area contributed by atoms with Crippen molar-refractivity contribution in [2.24, 2.45) is 0 Å². The molecule has 0 saturated heterocycles. The second-order valence-corrected chi connectivity index (χ2v) is 10.5. The Bertz CT molecular complexity index is 1100. The fourth-order valence-electron chi connectivity index (χ4n) is 3.87. The maximum Gasteiger partial charge on any atom is 0.243 e. The van der Waals surface area contributed by atoms with Crippen LogP contribution < -0.4 is 5.32 Å². The summed E-state index contributed by atoms with van der Waals surface area (Å²) in [7, 11) is 0. The number of halogens is 1. The van der Waals surface area contributed by atoms with Crippen molar-refractivity contribution in [2.45, 2.75) is 57.1 Å². The number of thioether (sulfide) groups is 1. The number of amides is 2. The quantitative estimate of drug-likeness (QED) is 0.309. The molecule has 1 atom stereocenters. The monoisotopic (exact) mass is 508 g/mol. The molecular formula is C29H33ClN2O2S. The molecule has 0 bridgehead atoms. The van der Waals surface area contributed by atoms with Gasteiger partial charge in [0.25, 0.3) is 0 Å². The number of rotatable bonds is 11. The van der Waals surface area contributed by atoms with E-state index in [9.17, 15) is 9.59 Å². The van der Waals surface area contributed by atoms with E-state index in [1.54, 1.807) is 16.7 Å². The molecule has 0 heterocycles. The molecule has 3 rings (SSSR count). The van der Waals surface area contributed by atoms with Crippen LogP contribution in [-0.4, -0.2) is 34.6 Å². The third kappa shape index (κ3) is 8.75. The van der Waals surface area contributed by atoms with Crippen LogP contribution in [0.5, 0.6) is 0 Å². The molecule has 0 aromatic heterocycles. The van der Waals surface area contributed by atoms with Crippen LogP contribution in [0.2, 0.25) is 5.02 Å². The zero-order chi connectivity index (χ0) is 25.2. The Hall–Kier alpha value is -2.76. The van der Waals surface area contributed by atoms with E-state index in [0.29, 0.717) is 30.2 Å². The lowest BCUT2D eigenvalue weighted by Crippen LogP contribution is -2.51. The van der Waals surface area contributed by atoms with Crippen LogP contribution in [-0.2, 0) is 22.6 Å². The number of hydrogen-bond donors (Lipinski definition) is 1.